The molecular weight excluding hydrogens is 374 g/mol. The Kier molecular flexibility index (Phi) is 6.18. The van der Waals surface area contributed by atoms with E-state index in [1.165, 1.54) is 17.4 Å². The lowest BCUT2D eigenvalue weighted by Crippen LogP contribution is -2.23. The highest BCUT2D eigenvalue weighted by Gasteiger charge is 2.17. The van der Waals surface area contributed by atoms with Crippen molar-refractivity contribution >= 4 is 23.2 Å². The Hall–Kier alpha value is -3.45. The third kappa shape index (κ3) is 4.83. The third-order valence-corrected chi connectivity index (χ3v) is 4.96. The van der Waals surface area contributed by atoms with Gasteiger partial charge in [0, 0.05) is 18.5 Å². The van der Waals surface area contributed by atoms with Gasteiger partial charge in [-0.05, 0) is 42.5 Å². The standard InChI is InChI=1S/C21H19N3O3S/c1-2-17(25)23-13-12-18-24-19(20(28-18)21(22)26)14-8-10-16(11-9-14)27-15-6-4-3-5-7-15/h2-11H,1,12-13H2,(H2,22,26)(H,23,25). The lowest BCUT2D eigenvalue weighted by atomic mass is 10.1. The van der Waals surface area contributed by atoms with Crippen molar-refractivity contribution in [2.75, 3.05) is 6.54 Å². The van der Waals surface area contributed by atoms with Crippen molar-refractivity contribution in [2.45, 2.75) is 6.42 Å². The molecule has 6 nitrogen and oxygen atoms in total. The van der Waals surface area contributed by atoms with Crippen LogP contribution in [0.1, 0.15) is 14.7 Å². The molecule has 3 rings (SSSR count). The molecule has 1 aromatic heterocycles. The van der Waals surface area contributed by atoms with Crippen LogP contribution in [0.25, 0.3) is 11.3 Å². The van der Waals surface area contributed by atoms with Gasteiger partial charge in [0.1, 0.15) is 16.4 Å². The van der Waals surface area contributed by atoms with E-state index in [-0.39, 0.29) is 5.91 Å². The molecule has 0 saturated heterocycles. The van der Waals surface area contributed by atoms with Gasteiger partial charge < -0.3 is 15.8 Å². The van der Waals surface area contributed by atoms with E-state index >= 15 is 0 Å². The molecule has 0 aliphatic rings. The third-order valence-electron chi connectivity index (χ3n) is 3.83. The number of hydrogen-bond acceptors (Lipinski definition) is 5. The van der Waals surface area contributed by atoms with Gasteiger partial charge in [-0.25, -0.2) is 4.98 Å². The van der Waals surface area contributed by atoms with Gasteiger partial charge in [0.15, 0.2) is 0 Å². The zero-order valence-electron chi connectivity index (χ0n) is 15.1. The minimum atomic E-state index is -0.529. The number of carbonyl (C=O) groups is 2. The summed E-state index contributed by atoms with van der Waals surface area (Å²) in [4.78, 5) is 28.0. The summed E-state index contributed by atoms with van der Waals surface area (Å²) in [6, 6.07) is 16.8. The number of nitrogens with zero attached hydrogens (tertiary/aromatic N) is 1. The van der Waals surface area contributed by atoms with E-state index < -0.39 is 5.91 Å². The van der Waals surface area contributed by atoms with Gasteiger partial charge in [-0.2, -0.15) is 0 Å². The Balaban J connectivity index is 1.76. The van der Waals surface area contributed by atoms with Gasteiger partial charge in [0.2, 0.25) is 5.91 Å². The summed E-state index contributed by atoms with van der Waals surface area (Å²) in [5, 5.41) is 3.41. The highest BCUT2D eigenvalue weighted by atomic mass is 32.1. The number of carbonyl (C=O) groups excluding carboxylic acids is 2. The second-order valence-corrected chi connectivity index (χ2v) is 6.92. The number of aromatic nitrogens is 1. The molecule has 0 atom stereocenters. The average molecular weight is 393 g/mol. The van der Waals surface area contributed by atoms with Gasteiger partial charge in [0.05, 0.1) is 10.7 Å². The highest BCUT2D eigenvalue weighted by molar-refractivity contribution is 7.14. The van der Waals surface area contributed by atoms with Gasteiger partial charge in [0.25, 0.3) is 5.91 Å². The summed E-state index contributed by atoms with van der Waals surface area (Å²) >= 11 is 1.23. The molecule has 0 aliphatic carbocycles. The largest absolute Gasteiger partial charge is 0.457 e. The molecular formula is C21H19N3O3S. The van der Waals surface area contributed by atoms with E-state index in [0.29, 0.717) is 29.3 Å². The summed E-state index contributed by atoms with van der Waals surface area (Å²) < 4.78 is 5.78. The van der Waals surface area contributed by atoms with Crippen molar-refractivity contribution in [3.8, 4) is 22.8 Å². The topological polar surface area (TPSA) is 94.3 Å². The van der Waals surface area contributed by atoms with Crippen LogP contribution in [0.4, 0.5) is 0 Å². The number of amides is 2. The van der Waals surface area contributed by atoms with E-state index in [4.69, 9.17) is 10.5 Å². The predicted molar refractivity (Wildman–Crippen MR) is 109 cm³/mol. The molecule has 7 heteroatoms. The minimum Gasteiger partial charge on any atom is -0.457 e. The molecule has 0 aliphatic heterocycles. The van der Waals surface area contributed by atoms with E-state index in [2.05, 4.69) is 16.9 Å². The fourth-order valence-electron chi connectivity index (χ4n) is 2.50. The summed E-state index contributed by atoms with van der Waals surface area (Å²) in [6.07, 6.45) is 1.71. The van der Waals surface area contributed by atoms with Gasteiger partial charge in [-0.15, -0.1) is 11.3 Å². The van der Waals surface area contributed by atoms with E-state index in [1.807, 2.05) is 54.6 Å². The summed E-state index contributed by atoms with van der Waals surface area (Å²) in [7, 11) is 0. The van der Waals surface area contributed by atoms with Crippen LogP contribution in [0.2, 0.25) is 0 Å². The molecule has 0 bridgehead atoms. The van der Waals surface area contributed by atoms with Crippen molar-refractivity contribution in [3.63, 3.8) is 0 Å². The fraction of sp³-hybridized carbons (Fsp3) is 0.0952. The summed E-state index contributed by atoms with van der Waals surface area (Å²) in [6.45, 7) is 3.81. The van der Waals surface area contributed by atoms with Crippen LogP contribution in [0.5, 0.6) is 11.5 Å². The average Bonchev–Trinajstić information content (AvgIpc) is 3.14. The SMILES string of the molecule is C=CC(=O)NCCc1nc(-c2ccc(Oc3ccccc3)cc2)c(C(N)=O)s1. The molecule has 3 aromatic rings. The van der Waals surface area contributed by atoms with Crippen LogP contribution in [0.3, 0.4) is 0 Å². The fourth-order valence-corrected chi connectivity index (χ4v) is 3.44. The number of nitrogens with one attached hydrogen (secondary N) is 1. The van der Waals surface area contributed by atoms with Crippen LogP contribution in [-0.2, 0) is 11.2 Å². The lowest BCUT2D eigenvalue weighted by Gasteiger charge is -2.06. The Bertz CT molecular complexity index is 982. The second kappa shape index (κ2) is 8.96. The van der Waals surface area contributed by atoms with Crippen LogP contribution in [0.15, 0.2) is 67.3 Å². The molecule has 142 valence electrons. The Labute approximate surface area is 166 Å². The Morgan fingerprint density at radius 2 is 1.79 bits per heavy atom. The molecule has 2 amide bonds. The van der Waals surface area contributed by atoms with Crippen LogP contribution in [-0.4, -0.2) is 23.3 Å². The Morgan fingerprint density at radius 3 is 2.43 bits per heavy atom. The first-order valence-corrected chi connectivity index (χ1v) is 9.41. The van der Waals surface area contributed by atoms with Crippen LogP contribution < -0.4 is 15.8 Å². The van der Waals surface area contributed by atoms with Crippen molar-refractivity contribution in [1.29, 1.82) is 0 Å². The number of hydrogen-bond donors (Lipinski definition) is 2. The predicted octanol–water partition coefficient (Wildman–Crippen LogP) is 3.55. The summed E-state index contributed by atoms with van der Waals surface area (Å²) in [5.41, 5.74) is 6.83. The zero-order chi connectivity index (χ0) is 19.9. The number of rotatable bonds is 8. The number of para-hydroxylation sites is 1. The maximum absolute atomic E-state index is 11.8. The molecule has 0 radical (unpaired) electrons. The van der Waals surface area contributed by atoms with E-state index in [9.17, 15) is 9.59 Å². The van der Waals surface area contributed by atoms with E-state index in [1.54, 1.807) is 0 Å². The number of ether oxygens (including phenoxy) is 1. The maximum Gasteiger partial charge on any atom is 0.261 e. The van der Waals surface area contributed by atoms with E-state index in [0.717, 1.165) is 16.3 Å². The molecule has 3 N–H and O–H groups in total. The first kappa shape index (κ1) is 19.3. The smallest absolute Gasteiger partial charge is 0.261 e. The highest BCUT2D eigenvalue weighted by Crippen LogP contribution is 2.30. The van der Waals surface area contributed by atoms with Crippen molar-refractivity contribution in [1.82, 2.24) is 10.3 Å². The monoisotopic (exact) mass is 393 g/mol. The molecule has 2 aromatic carbocycles. The second-order valence-electron chi connectivity index (χ2n) is 5.83. The van der Waals surface area contributed by atoms with Crippen LogP contribution >= 0.6 is 11.3 Å². The minimum absolute atomic E-state index is 0.249. The molecule has 1 heterocycles. The molecule has 0 fully saturated rings. The molecule has 28 heavy (non-hydrogen) atoms. The van der Waals surface area contributed by atoms with Crippen molar-refractivity contribution < 1.29 is 14.3 Å². The van der Waals surface area contributed by atoms with Crippen molar-refractivity contribution in [3.05, 3.63) is 77.1 Å². The molecule has 0 saturated carbocycles. The number of nitrogens with two attached hydrogens (primary N) is 1. The molecule has 0 unspecified atom stereocenters. The lowest BCUT2D eigenvalue weighted by molar-refractivity contribution is -0.116. The van der Waals surface area contributed by atoms with Gasteiger partial charge in [-0.3, -0.25) is 9.59 Å². The maximum atomic E-state index is 11.8. The summed E-state index contributed by atoms with van der Waals surface area (Å²) in [5.74, 6) is 0.642. The molecule has 0 spiro atoms. The number of benzene rings is 2. The first-order chi connectivity index (χ1) is 13.6. The number of thiazole rings is 1. The number of primary amides is 1. The van der Waals surface area contributed by atoms with Crippen molar-refractivity contribution in [2.24, 2.45) is 5.73 Å². The first-order valence-electron chi connectivity index (χ1n) is 8.60. The Morgan fingerprint density at radius 1 is 1.11 bits per heavy atom. The van der Waals surface area contributed by atoms with Crippen LogP contribution in [0, 0.1) is 0 Å². The quantitative estimate of drug-likeness (QED) is 0.572. The van der Waals surface area contributed by atoms with Gasteiger partial charge in [-0.1, -0.05) is 24.8 Å². The zero-order valence-corrected chi connectivity index (χ0v) is 15.9. The normalized spacial score (nSPS) is 10.3. The van der Waals surface area contributed by atoms with Gasteiger partial charge >= 0.3 is 0 Å².